The number of ether oxygens (including phenoxy) is 1. The van der Waals surface area contributed by atoms with Crippen LogP contribution in [-0.2, 0) is 5.60 Å². The van der Waals surface area contributed by atoms with Crippen molar-refractivity contribution < 1.29 is 14.9 Å². The van der Waals surface area contributed by atoms with E-state index >= 15 is 0 Å². The summed E-state index contributed by atoms with van der Waals surface area (Å²) in [5.74, 6) is -0.477. The smallest absolute Gasteiger partial charge is 0.279 e. The Morgan fingerprint density at radius 3 is 2.30 bits per heavy atom. The second-order valence-corrected chi connectivity index (χ2v) is 4.45. The van der Waals surface area contributed by atoms with Gasteiger partial charge in [0.05, 0.1) is 5.56 Å². The zero-order chi connectivity index (χ0) is 14.2. The quantitative estimate of drug-likeness (QED) is 0.829. The molecule has 1 aliphatic rings. The van der Waals surface area contributed by atoms with Crippen LogP contribution in [0.1, 0.15) is 11.1 Å². The summed E-state index contributed by atoms with van der Waals surface area (Å²) in [6.45, 7) is 0. The number of para-hydroxylation sites is 1. The first-order valence-electron chi connectivity index (χ1n) is 6.07. The van der Waals surface area contributed by atoms with Gasteiger partial charge in [0.2, 0.25) is 0 Å². The standard InChI is InChI=1S/C16H11NO3/c17-10-16(11-6-2-1-3-7-11)15(19)14(18)12-8-4-5-9-13(12)20-16/h1-9,18-19H. The number of aliphatic hydroxyl groups excluding tert-OH is 2. The molecule has 98 valence electrons. The van der Waals surface area contributed by atoms with Crippen LogP contribution in [0.25, 0.3) is 5.76 Å². The number of aliphatic hydroxyl groups is 2. The Bertz CT molecular complexity index is 731. The van der Waals surface area contributed by atoms with Crippen LogP contribution in [0.2, 0.25) is 0 Å². The summed E-state index contributed by atoms with van der Waals surface area (Å²) in [4.78, 5) is 0. The Balaban J connectivity index is 2.27. The van der Waals surface area contributed by atoms with Crippen molar-refractivity contribution in [3.8, 4) is 11.8 Å². The lowest BCUT2D eigenvalue weighted by atomic mass is 9.88. The van der Waals surface area contributed by atoms with Crippen molar-refractivity contribution in [2.24, 2.45) is 0 Å². The molecule has 0 saturated carbocycles. The van der Waals surface area contributed by atoms with E-state index < -0.39 is 11.4 Å². The second-order valence-electron chi connectivity index (χ2n) is 4.45. The van der Waals surface area contributed by atoms with Crippen LogP contribution in [0.3, 0.4) is 0 Å². The highest BCUT2D eigenvalue weighted by molar-refractivity contribution is 5.71. The first kappa shape index (κ1) is 12.1. The highest BCUT2D eigenvalue weighted by Gasteiger charge is 2.46. The Labute approximate surface area is 115 Å². The monoisotopic (exact) mass is 265 g/mol. The topological polar surface area (TPSA) is 73.5 Å². The Hall–Kier alpha value is -2.93. The molecule has 1 heterocycles. The minimum Gasteiger partial charge on any atom is -0.504 e. The SMILES string of the molecule is N#CC1(c2ccccc2)Oc2ccccc2C(O)=C1O. The molecule has 1 unspecified atom stereocenters. The van der Waals surface area contributed by atoms with E-state index in [9.17, 15) is 15.5 Å². The van der Waals surface area contributed by atoms with E-state index in [2.05, 4.69) is 0 Å². The summed E-state index contributed by atoms with van der Waals surface area (Å²) < 4.78 is 5.71. The van der Waals surface area contributed by atoms with Gasteiger partial charge in [-0.25, -0.2) is 0 Å². The van der Waals surface area contributed by atoms with Crippen LogP contribution >= 0.6 is 0 Å². The van der Waals surface area contributed by atoms with Crippen LogP contribution in [0.4, 0.5) is 0 Å². The van der Waals surface area contributed by atoms with Crippen LogP contribution in [-0.4, -0.2) is 10.2 Å². The zero-order valence-electron chi connectivity index (χ0n) is 10.4. The molecular formula is C16H11NO3. The molecule has 0 aromatic heterocycles. The molecule has 20 heavy (non-hydrogen) atoms. The van der Waals surface area contributed by atoms with Crippen molar-refractivity contribution in [2.75, 3.05) is 0 Å². The number of nitriles is 1. The first-order chi connectivity index (χ1) is 9.69. The minimum absolute atomic E-state index is 0.336. The number of fused-ring (bicyclic) bond motifs is 1. The Morgan fingerprint density at radius 2 is 1.60 bits per heavy atom. The first-order valence-corrected chi connectivity index (χ1v) is 6.07. The van der Waals surface area contributed by atoms with Gasteiger partial charge in [-0.2, -0.15) is 5.26 Å². The van der Waals surface area contributed by atoms with Crippen LogP contribution in [0, 0.1) is 11.3 Å². The molecule has 4 nitrogen and oxygen atoms in total. The van der Waals surface area contributed by atoms with Crippen molar-refractivity contribution in [3.63, 3.8) is 0 Å². The van der Waals surface area contributed by atoms with Gasteiger partial charge in [0, 0.05) is 5.56 Å². The molecule has 0 amide bonds. The Kier molecular flexibility index (Phi) is 2.62. The van der Waals surface area contributed by atoms with E-state index in [-0.39, 0.29) is 5.76 Å². The molecule has 0 radical (unpaired) electrons. The number of hydrogen-bond donors (Lipinski definition) is 2. The molecule has 2 N–H and O–H groups in total. The summed E-state index contributed by atoms with van der Waals surface area (Å²) >= 11 is 0. The number of nitrogens with zero attached hydrogens (tertiary/aromatic N) is 1. The maximum atomic E-state index is 10.3. The van der Waals surface area contributed by atoms with E-state index in [1.807, 2.05) is 6.07 Å². The second kappa shape index (κ2) is 4.32. The molecule has 0 spiro atoms. The van der Waals surface area contributed by atoms with E-state index in [0.29, 0.717) is 16.9 Å². The molecule has 0 aliphatic carbocycles. The van der Waals surface area contributed by atoms with E-state index in [1.165, 1.54) is 0 Å². The molecule has 2 aromatic rings. The van der Waals surface area contributed by atoms with Crippen molar-refractivity contribution >= 4 is 5.76 Å². The molecule has 1 atom stereocenters. The molecule has 0 bridgehead atoms. The average molecular weight is 265 g/mol. The van der Waals surface area contributed by atoms with Crippen LogP contribution in [0.5, 0.6) is 5.75 Å². The van der Waals surface area contributed by atoms with Gasteiger partial charge in [0.15, 0.2) is 11.5 Å². The van der Waals surface area contributed by atoms with Crippen molar-refractivity contribution in [3.05, 3.63) is 71.5 Å². The third-order valence-electron chi connectivity index (χ3n) is 3.30. The van der Waals surface area contributed by atoms with E-state index in [4.69, 9.17) is 4.74 Å². The zero-order valence-corrected chi connectivity index (χ0v) is 10.4. The van der Waals surface area contributed by atoms with Gasteiger partial charge in [0.25, 0.3) is 5.60 Å². The largest absolute Gasteiger partial charge is 0.504 e. The van der Waals surface area contributed by atoms with E-state index in [0.717, 1.165) is 0 Å². The van der Waals surface area contributed by atoms with Crippen molar-refractivity contribution in [2.45, 2.75) is 5.60 Å². The predicted molar refractivity (Wildman–Crippen MR) is 73.0 cm³/mol. The summed E-state index contributed by atoms with van der Waals surface area (Å²) in [6.07, 6.45) is 0. The normalized spacial score (nSPS) is 20.8. The lowest BCUT2D eigenvalue weighted by Gasteiger charge is -2.32. The van der Waals surface area contributed by atoms with Crippen molar-refractivity contribution in [1.82, 2.24) is 0 Å². The van der Waals surface area contributed by atoms with Gasteiger partial charge < -0.3 is 14.9 Å². The molecule has 4 heteroatoms. The molecule has 2 aromatic carbocycles. The number of benzene rings is 2. The summed E-state index contributed by atoms with van der Waals surface area (Å²) in [5, 5.41) is 30.0. The van der Waals surface area contributed by atoms with Gasteiger partial charge in [-0.05, 0) is 12.1 Å². The maximum Gasteiger partial charge on any atom is 0.279 e. The van der Waals surface area contributed by atoms with Gasteiger partial charge in [-0.3, -0.25) is 0 Å². The summed E-state index contributed by atoms with van der Waals surface area (Å²) in [5.41, 5.74) is -0.896. The highest BCUT2D eigenvalue weighted by Crippen LogP contribution is 2.43. The molecule has 0 fully saturated rings. The summed E-state index contributed by atoms with van der Waals surface area (Å²) in [7, 11) is 0. The number of hydrogen-bond acceptors (Lipinski definition) is 4. The fraction of sp³-hybridized carbons (Fsp3) is 0.0625. The minimum atomic E-state index is -1.72. The van der Waals surface area contributed by atoms with E-state index in [1.54, 1.807) is 54.6 Å². The van der Waals surface area contributed by atoms with Crippen LogP contribution < -0.4 is 4.74 Å². The van der Waals surface area contributed by atoms with Crippen LogP contribution in [0.15, 0.2) is 60.4 Å². The highest BCUT2D eigenvalue weighted by atomic mass is 16.5. The molecule has 3 rings (SSSR count). The fourth-order valence-corrected chi connectivity index (χ4v) is 2.27. The van der Waals surface area contributed by atoms with Crippen molar-refractivity contribution in [1.29, 1.82) is 5.26 Å². The average Bonchev–Trinajstić information content (AvgIpc) is 2.52. The fourth-order valence-electron chi connectivity index (χ4n) is 2.27. The lowest BCUT2D eigenvalue weighted by Crippen LogP contribution is -2.37. The summed E-state index contributed by atoms with van der Waals surface area (Å²) in [6, 6.07) is 17.3. The van der Waals surface area contributed by atoms with Gasteiger partial charge >= 0.3 is 0 Å². The van der Waals surface area contributed by atoms with Gasteiger partial charge in [-0.1, -0.05) is 42.5 Å². The molecule has 1 aliphatic heterocycles. The van der Waals surface area contributed by atoms with Gasteiger partial charge in [-0.15, -0.1) is 0 Å². The Morgan fingerprint density at radius 1 is 0.950 bits per heavy atom. The third kappa shape index (κ3) is 1.54. The molecular weight excluding hydrogens is 254 g/mol. The number of rotatable bonds is 1. The maximum absolute atomic E-state index is 10.3. The predicted octanol–water partition coefficient (Wildman–Crippen LogP) is 3.28. The third-order valence-corrected chi connectivity index (χ3v) is 3.30. The van der Waals surface area contributed by atoms with Gasteiger partial charge in [0.1, 0.15) is 11.8 Å². The molecule has 0 saturated heterocycles. The lowest BCUT2D eigenvalue weighted by molar-refractivity contribution is 0.100.